The highest BCUT2D eigenvalue weighted by Crippen LogP contribution is 2.77. The number of esters is 1. The Bertz CT molecular complexity index is 1100. The summed E-state index contributed by atoms with van der Waals surface area (Å²) in [6.45, 7) is 25.1. The molecule has 5 nitrogen and oxygen atoms in total. The number of hydrogen-bond acceptors (Lipinski definition) is 4. The zero-order chi connectivity index (χ0) is 31.6. The molecule has 5 fully saturated rings. The zero-order valence-electron chi connectivity index (χ0n) is 28.9. The van der Waals surface area contributed by atoms with Crippen molar-refractivity contribution in [3.63, 3.8) is 0 Å². The van der Waals surface area contributed by atoms with Gasteiger partial charge in [0.15, 0.2) is 0 Å². The second kappa shape index (κ2) is 11.5. The fourth-order valence-electron chi connectivity index (χ4n) is 12.8. The molecule has 0 saturated heterocycles. The predicted octanol–water partition coefficient (Wildman–Crippen LogP) is 8.20. The van der Waals surface area contributed by atoms with Gasteiger partial charge < -0.3 is 14.7 Å². The summed E-state index contributed by atoms with van der Waals surface area (Å²) in [4.78, 5) is 27.3. The molecule has 5 heteroatoms. The predicted molar refractivity (Wildman–Crippen MR) is 173 cm³/mol. The lowest BCUT2D eigenvalue weighted by Gasteiger charge is -2.73. The molecule has 0 aromatic heterocycles. The molecule has 5 aliphatic carbocycles. The second-order valence-electron chi connectivity index (χ2n) is 17.2. The number of amides is 1. The SMILES string of the molecule is C=C(C)[C@@H]1CC[C@]2(COC(=O)CCC(=O)N(CC)CC)CC[C@]3(C)[C@H](CC[C@@H]4[C@@]5(C)CC[C@H](O)C(C)(C)[C@@H]5CC[C@]43C)[C@@H]12. The molecule has 5 aliphatic rings. The van der Waals surface area contributed by atoms with Crippen molar-refractivity contribution < 1.29 is 19.4 Å². The molecule has 5 saturated carbocycles. The van der Waals surface area contributed by atoms with Crippen molar-refractivity contribution in [1.29, 1.82) is 0 Å². The van der Waals surface area contributed by atoms with E-state index in [9.17, 15) is 14.7 Å². The van der Waals surface area contributed by atoms with E-state index in [0.29, 0.717) is 49.3 Å². The summed E-state index contributed by atoms with van der Waals surface area (Å²) in [7, 11) is 0. The Kier molecular flexibility index (Phi) is 8.80. The molecule has 10 atom stereocenters. The first kappa shape index (κ1) is 33.0. The fourth-order valence-corrected chi connectivity index (χ4v) is 12.8. The number of carbonyl (C=O) groups is 2. The van der Waals surface area contributed by atoms with E-state index >= 15 is 0 Å². The highest BCUT2D eigenvalue weighted by Gasteiger charge is 2.71. The molecule has 244 valence electrons. The van der Waals surface area contributed by atoms with Gasteiger partial charge in [-0.05, 0) is 136 Å². The van der Waals surface area contributed by atoms with E-state index in [4.69, 9.17) is 4.74 Å². The van der Waals surface area contributed by atoms with Gasteiger partial charge in [-0.1, -0.05) is 46.8 Å². The van der Waals surface area contributed by atoms with Crippen molar-refractivity contribution in [2.75, 3.05) is 19.7 Å². The van der Waals surface area contributed by atoms with Crippen molar-refractivity contribution >= 4 is 11.9 Å². The van der Waals surface area contributed by atoms with E-state index in [1.54, 1.807) is 4.90 Å². The summed E-state index contributed by atoms with van der Waals surface area (Å²) in [6.07, 6.45) is 11.9. The lowest BCUT2D eigenvalue weighted by molar-refractivity contribution is -0.250. The number of carbonyl (C=O) groups excluding carboxylic acids is 2. The van der Waals surface area contributed by atoms with Crippen LogP contribution in [0, 0.1) is 56.7 Å². The number of nitrogens with zero attached hydrogens (tertiary/aromatic N) is 1. The minimum Gasteiger partial charge on any atom is -0.465 e. The van der Waals surface area contributed by atoms with E-state index in [1.807, 2.05) is 13.8 Å². The number of rotatable bonds is 8. The smallest absolute Gasteiger partial charge is 0.306 e. The van der Waals surface area contributed by atoms with Gasteiger partial charge in [-0.2, -0.15) is 0 Å². The van der Waals surface area contributed by atoms with Crippen LogP contribution in [0.25, 0.3) is 0 Å². The van der Waals surface area contributed by atoms with E-state index in [1.165, 1.54) is 37.7 Å². The van der Waals surface area contributed by atoms with Crippen LogP contribution in [0.3, 0.4) is 0 Å². The van der Waals surface area contributed by atoms with Crippen LogP contribution in [-0.4, -0.2) is 47.7 Å². The molecule has 0 radical (unpaired) electrons. The Morgan fingerprint density at radius 1 is 0.837 bits per heavy atom. The summed E-state index contributed by atoms with van der Waals surface area (Å²) in [5.74, 6) is 2.68. The van der Waals surface area contributed by atoms with Gasteiger partial charge in [-0.15, -0.1) is 0 Å². The largest absolute Gasteiger partial charge is 0.465 e. The maximum absolute atomic E-state index is 13.0. The van der Waals surface area contributed by atoms with Crippen LogP contribution in [0.15, 0.2) is 12.2 Å². The average Bonchev–Trinajstić information content (AvgIpc) is 3.34. The van der Waals surface area contributed by atoms with Crippen LogP contribution in [-0.2, 0) is 14.3 Å². The first-order valence-electron chi connectivity index (χ1n) is 17.9. The van der Waals surface area contributed by atoms with E-state index in [2.05, 4.69) is 48.1 Å². The number of ether oxygens (including phenoxy) is 1. The first-order chi connectivity index (χ1) is 20.1. The number of fused-ring (bicyclic) bond motifs is 7. The monoisotopic (exact) mass is 597 g/mol. The topological polar surface area (TPSA) is 66.8 Å². The molecule has 0 spiro atoms. The summed E-state index contributed by atoms with van der Waals surface area (Å²) in [6, 6.07) is 0. The van der Waals surface area contributed by atoms with Crippen molar-refractivity contribution in [3.05, 3.63) is 12.2 Å². The molecule has 0 aromatic rings. The fraction of sp³-hybridized carbons (Fsp3) is 0.895. The maximum Gasteiger partial charge on any atom is 0.306 e. The van der Waals surface area contributed by atoms with Crippen LogP contribution < -0.4 is 0 Å². The molecule has 5 rings (SSSR count). The van der Waals surface area contributed by atoms with Crippen LogP contribution >= 0.6 is 0 Å². The Morgan fingerprint density at radius 3 is 2.19 bits per heavy atom. The summed E-state index contributed by atoms with van der Waals surface area (Å²) >= 11 is 0. The number of aliphatic hydroxyl groups excluding tert-OH is 1. The van der Waals surface area contributed by atoms with Crippen molar-refractivity contribution in [2.45, 2.75) is 139 Å². The maximum atomic E-state index is 13.0. The van der Waals surface area contributed by atoms with E-state index in [-0.39, 0.29) is 57.9 Å². The van der Waals surface area contributed by atoms with Gasteiger partial charge in [0.2, 0.25) is 5.91 Å². The van der Waals surface area contributed by atoms with Crippen LogP contribution in [0.1, 0.15) is 132 Å². The van der Waals surface area contributed by atoms with Gasteiger partial charge in [0.1, 0.15) is 0 Å². The lowest BCUT2D eigenvalue weighted by Crippen LogP contribution is -2.66. The second-order valence-corrected chi connectivity index (χ2v) is 17.2. The summed E-state index contributed by atoms with van der Waals surface area (Å²) in [5, 5.41) is 11.0. The molecular formula is C38H63NO4. The van der Waals surface area contributed by atoms with Crippen molar-refractivity contribution in [2.24, 2.45) is 56.7 Å². The summed E-state index contributed by atoms with van der Waals surface area (Å²) < 4.78 is 6.11. The van der Waals surface area contributed by atoms with Gasteiger partial charge >= 0.3 is 5.97 Å². The zero-order valence-corrected chi connectivity index (χ0v) is 28.9. The van der Waals surface area contributed by atoms with Gasteiger partial charge in [0.05, 0.1) is 19.1 Å². The minimum atomic E-state index is -0.218. The third-order valence-corrected chi connectivity index (χ3v) is 15.4. The quantitative estimate of drug-likeness (QED) is 0.226. The Balaban J connectivity index is 1.38. The highest BCUT2D eigenvalue weighted by atomic mass is 16.5. The van der Waals surface area contributed by atoms with Gasteiger partial charge in [0, 0.05) is 24.9 Å². The molecule has 0 unspecified atom stereocenters. The van der Waals surface area contributed by atoms with Crippen molar-refractivity contribution in [1.82, 2.24) is 4.90 Å². The van der Waals surface area contributed by atoms with E-state index < -0.39 is 0 Å². The Labute approximate surface area is 263 Å². The molecule has 0 bridgehead atoms. The van der Waals surface area contributed by atoms with Crippen molar-refractivity contribution in [3.8, 4) is 0 Å². The molecule has 1 N–H and O–H groups in total. The average molecular weight is 598 g/mol. The van der Waals surface area contributed by atoms with Crippen LogP contribution in [0.5, 0.6) is 0 Å². The standard InChI is InChI=1S/C38H63NO4/c1-10-39(11-2)31(41)14-15-32(42)43-24-38-21-16-26(25(3)4)33(38)27-12-13-29-35(7)19-18-30(40)34(5,6)28(35)17-20-37(29,9)36(27,8)22-23-38/h26-30,33,40H,3,10-24H2,1-2,4-9H3/t26-,27+,28-,29+,30-,33+,35-,36+,37+,38+/m0/s1. The molecule has 1 amide bonds. The normalized spacial score (nSPS) is 44.8. The van der Waals surface area contributed by atoms with Crippen LogP contribution in [0.4, 0.5) is 0 Å². The Hall–Kier alpha value is -1.36. The number of aliphatic hydroxyl groups is 1. The van der Waals surface area contributed by atoms with Gasteiger partial charge in [-0.3, -0.25) is 9.59 Å². The third-order valence-electron chi connectivity index (χ3n) is 15.4. The minimum absolute atomic E-state index is 0.0214. The van der Waals surface area contributed by atoms with E-state index in [0.717, 1.165) is 32.1 Å². The highest BCUT2D eigenvalue weighted by molar-refractivity contribution is 5.81. The molecular weight excluding hydrogens is 534 g/mol. The molecule has 43 heavy (non-hydrogen) atoms. The third kappa shape index (κ3) is 4.96. The lowest BCUT2D eigenvalue weighted by atomic mass is 9.32. The molecule has 0 aromatic carbocycles. The summed E-state index contributed by atoms with van der Waals surface area (Å²) in [5.41, 5.74) is 2.10. The number of hydrogen-bond donors (Lipinski definition) is 1. The first-order valence-corrected chi connectivity index (χ1v) is 17.9. The Morgan fingerprint density at radius 2 is 1.53 bits per heavy atom. The van der Waals surface area contributed by atoms with Crippen LogP contribution in [0.2, 0.25) is 0 Å². The number of allylic oxidation sites excluding steroid dienone is 1. The van der Waals surface area contributed by atoms with Gasteiger partial charge in [0.25, 0.3) is 0 Å². The molecule has 0 heterocycles. The molecule has 0 aliphatic heterocycles. The van der Waals surface area contributed by atoms with Gasteiger partial charge in [-0.25, -0.2) is 0 Å².